The Kier molecular flexibility index (Phi) is 9.91. The topological polar surface area (TPSA) is 105 Å². The summed E-state index contributed by atoms with van der Waals surface area (Å²) in [4.78, 5) is 35.6. The lowest BCUT2D eigenvalue weighted by Gasteiger charge is -2.46. The first-order valence-corrected chi connectivity index (χ1v) is 20.0. The van der Waals surface area contributed by atoms with Gasteiger partial charge in [-0.05, 0) is 132 Å². The lowest BCUT2D eigenvalue weighted by Crippen LogP contribution is -2.54. The molecule has 1 aromatic heterocycles. The van der Waals surface area contributed by atoms with Crippen LogP contribution in [0.4, 0.5) is 17.6 Å². The van der Waals surface area contributed by atoms with Crippen LogP contribution >= 0.6 is 0 Å². The molecule has 1 N–H and O–H groups in total. The number of alkyl halides is 3. The van der Waals surface area contributed by atoms with E-state index in [1.165, 1.54) is 25.4 Å². The average molecular weight is 768 g/mol. The summed E-state index contributed by atoms with van der Waals surface area (Å²) in [5.74, 6) is -0.965. The maximum atomic E-state index is 14.7. The molecule has 54 heavy (non-hydrogen) atoms. The van der Waals surface area contributed by atoms with E-state index in [1.54, 1.807) is 17.0 Å². The highest BCUT2D eigenvalue weighted by Gasteiger charge is 2.47. The van der Waals surface area contributed by atoms with E-state index in [2.05, 4.69) is 34.6 Å². The highest BCUT2D eigenvalue weighted by molar-refractivity contribution is 7.90. The van der Waals surface area contributed by atoms with Crippen molar-refractivity contribution in [1.82, 2.24) is 24.1 Å². The summed E-state index contributed by atoms with van der Waals surface area (Å²) in [6, 6.07) is 18.9. The van der Waals surface area contributed by atoms with Gasteiger partial charge in [-0.1, -0.05) is 24.3 Å². The number of carbonyl (C=O) groups excluding carboxylic acids is 2. The molecule has 4 heterocycles. The fourth-order valence-electron chi connectivity index (χ4n) is 9.05. The van der Waals surface area contributed by atoms with Crippen molar-refractivity contribution in [3.63, 3.8) is 0 Å². The molecule has 0 unspecified atom stereocenters. The number of amides is 2. The molecule has 3 aromatic carbocycles. The number of hydrogen-bond donors (Lipinski definition) is 1. The molecule has 3 saturated heterocycles. The standard InChI is InChI=1S/C40H45F4N5O4S/c1-26-45-34-9-4-5-10-35(34)49(26)32-24-30-13-14-31(25-32)48(30)22-19-39(28-7-6-8-29(41)23-28)17-20-47(21-18-39)37(51)38(2,3)36(50)46-54(52,53)33-15-11-27(12-16-33)40(42,43)44/h4-12,15-16,23,30-32H,13-14,17-22,24-25H2,1-3H3,(H,46,50)/t30-,31+,32+. The van der Waals surface area contributed by atoms with Gasteiger partial charge in [-0.15, -0.1) is 0 Å². The number of benzene rings is 3. The van der Waals surface area contributed by atoms with Crippen LogP contribution in [0, 0.1) is 18.2 Å². The molecule has 0 spiro atoms. The van der Waals surface area contributed by atoms with Gasteiger partial charge in [-0.25, -0.2) is 22.5 Å². The number of piperidine rings is 2. The maximum Gasteiger partial charge on any atom is 0.416 e. The van der Waals surface area contributed by atoms with Crippen LogP contribution in [0.5, 0.6) is 0 Å². The van der Waals surface area contributed by atoms with E-state index in [0.717, 1.165) is 67.7 Å². The molecule has 288 valence electrons. The number of aromatic nitrogens is 2. The quantitative estimate of drug-likeness (QED) is 0.143. The van der Waals surface area contributed by atoms with Gasteiger partial charge in [-0.3, -0.25) is 14.5 Å². The third-order valence-electron chi connectivity index (χ3n) is 12.1. The zero-order valence-electron chi connectivity index (χ0n) is 30.6. The molecule has 3 fully saturated rings. The first-order chi connectivity index (χ1) is 25.5. The normalized spacial score (nSPS) is 22.1. The predicted octanol–water partition coefficient (Wildman–Crippen LogP) is 7.15. The molecule has 0 saturated carbocycles. The van der Waals surface area contributed by atoms with Gasteiger partial charge in [0.25, 0.3) is 10.0 Å². The predicted molar refractivity (Wildman–Crippen MR) is 195 cm³/mol. The summed E-state index contributed by atoms with van der Waals surface area (Å²) in [6.07, 6.45) is 1.44. The number of halogens is 4. The molecule has 3 atom stereocenters. The van der Waals surface area contributed by atoms with Crippen molar-refractivity contribution in [1.29, 1.82) is 0 Å². The fraction of sp³-hybridized carbons (Fsp3) is 0.475. The second-order valence-corrected chi connectivity index (χ2v) is 17.4. The number of sulfonamides is 1. The number of para-hydroxylation sites is 2. The first kappa shape index (κ1) is 38.0. The second kappa shape index (κ2) is 14.1. The maximum absolute atomic E-state index is 14.7. The smallest absolute Gasteiger partial charge is 0.342 e. The summed E-state index contributed by atoms with van der Waals surface area (Å²) in [7, 11) is -4.56. The van der Waals surface area contributed by atoms with E-state index in [1.807, 2.05) is 16.9 Å². The van der Waals surface area contributed by atoms with E-state index in [4.69, 9.17) is 4.98 Å². The van der Waals surface area contributed by atoms with Gasteiger partial charge in [0.2, 0.25) is 11.8 Å². The Labute approximate surface area is 312 Å². The van der Waals surface area contributed by atoms with Crippen molar-refractivity contribution < 1.29 is 35.6 Å². The molecular formula is C40H45F4N5O4S. The fourth-order valence-corrected chi connectivity index (χ4v) is 10.2. The number of likely N-dealkylation sites (tertiary alicyclic amines) is 1. The number of fused-ring (bicyclic) bond motifs is 3. The Hall–Kier alpha value is -4.30. The third-order valence-corrected chi connectivity index (χ3v) is 13.5. The van der Waals surface area contributed by atoms with Crippen LogP contribution < -0.4 is 4.72 Å². The van der Waals surface area contributed by atoms with Crippen LogP contribution in [0.2, 0.25) is 0 Å². The summed E-state index contributed by atoms with van der Waals surface area (Å²) in [6.45, 7) is 6.11. The van der Waals surface area contributed by atoms with E-state index in [9.17, 15) is 35.6 Å². The Balaban J connectivity index is 1.03. The van der Waals surface area contributed by atoms with Crippen LogP contribution in [0.25, 0.3) is 11.0 Å². The van der Waals surface area contributed by atoms with Gasteiger partial charge in [0.05, 0.1) is 21.5 Å². The molecule has 2 bridgehead atoms. The first-order valence-electron chi connectivity index (χ1n) is 18.5. The molecule has 3 aliphatic rings. The molecule has 3 aliphatic heterocycles. The van der Waals surface area contributed by atoms with E-state index in [-0.39, 0.29) is 18.9 Å². The SMILES string of the molecule is Cc1nc2ccccc2n1[C@H]1C[C@H]2CC[C@@H](C1)N2CCC1(c2cccc(F)c2)CCN(C(=O)C(C)(C)C(=O)NS(=O)(=O)c2ccc(C(F)(F)F)cc2)CC1. The average Bonchev–Trinajstić information content (AvgIpc) is 3.60. The van der Waals surface area contributed by atoms with Crippen molar-refractivity contribution in [3.8, 4) is 0 Å². The van der Waals surface area contributed by atoms with E-state index in [0.29, 0.717) is 43.1 Å². The lowest BCUT2D eigenvalue weighted by molar-refractivity contribution is -0.149. The number of nitrogens with zero attached hydrogens (tertiary/aromatic N) is 4. The Morgan fingerprint density at radius 3 is 2.19 bits per heavy atom. The number of imidazole rings is 1. The number of rotatable bonds is 9. The van der Waals surface area contributed by atoms with Crippen LogP contribution in [0.3, 0.4) is 0 Å². The van der Waals surface area contributed by atoms with Gasteiger partial charge in [-0.2, -0.15) is 13.2 Å². The molecule has 4 aromatic rings. The van der Waals surface area contributed by atoms with Crippen molar-refractivity contribution >= 4 is 32.9 Å². The second-order valence-electron chi connectivity index (χ2n) is 15.7. The van der Waals surface area contributed by atoms with Crippen molar-refractivity contribution in [2.45, 2.75) is 100 Å². The van der Waals surface area contributed by atoms with Gasteiger partial charge >= 0.3 is 6.18 Å². The summed E-state index contributed by atoms with van der Waals surface area (Å²) < 4.78 is 83.9. The lowest BCUT2D eigenvalue weighted by atomic mass is 9.70. The number of hydrogen-bond acceptors (Lipinski definition) is 6. The number of nitrogens with one attached hydrogen (secondary N) is 1. The minimum Gasteiger partial charge on any atom is -0.342 e. The Morgan fingerprint density at radius 1 is 0.907 bits per heavy atom. The Bertz CT molecular complexity index is 2150. The van der Waals surface area contributed by atoms with Crippen molar-refractivity contribution in [2.75, 3.05) is 19.6 Å². The largest absolute Gasteiger partial charge is 0.416 e. The van der Waals surface area contributed by atoms with Gasteiger partial charge < -0.3 is 9.47 Å². The van der Waals surface area contributed by atoms with E-state index >= 15 is 0 Å². The highest BCUT2D eigenvalue weighted by atomic mass is 32.2. The zero-order chi connectivity index (χ0) is 38.6. The van der Waals surface area contributed by atoms with Crippen LogP contribution in [0.1, 0.15) is 81.8 Å². The number of carbonyl (C=O) groups is 2. The third kappa shape index (κ3) is 7.14. The minimum absolute atomic E-state index is 0.277. The highest BCUT2D eigenvalue weighted by Crippen LogP contribution is 2.45. The van der Waals surface area contributed by atoms with Gasteiger partial charge in [0, 0.05) is 31.2 Å². The van der Waals surface area contributed by atoms with Gasteiger partial charge in [0.15, 0.2) is 0 Å². The molecule has 14 heteroatoms. The monoisotopic (exact) mass is 767 g/mol. The van der Waals surface area contributed by atoms with Crippen molar-refractivity contribution in [3.05, 3.63) is 95.6 Å². The Morgan fingerprint density at radius 2 is 1.56 bits per heavy atom. The zero-order valence-corrected chi connectivity index (χ0v) is 31.4. The molecular weight excluding hydrogens is 723 g/mol. The summed E-state index contributed by atoms with van der Waals surface area (Å²) in [5.41, 5.74) is -0.212. The minimum atomic E-state index is -4.66. The molecule has 7 rings (SSSR count). The van der Waals surface area contributed by atoms with Crippen LogP contribution in [-0.4, -0.2) is 71.3 Å². The molecule has 0 radical (unpaired) electrons. The van der Waals surface area contributed by atoms with Crippen LogP contribution in [-0.2, 0) is 31.2 Å². The molecule has 2 amide bonds. The summed E-state index contributed by atoms with van der Waals surface area (Å²) in [5, 5.41) is 0. The number of aryl methyl sites for hydroxylation is 1. The summed E-state index contributed by atoms with van der Waals surface area (Å²) >= 11 is 0. The van der Waals surface area contributed by atoms with Crippen molar-refractivity contribution in [2.24, 2.45) is 5.41 Å². The van der Waals surface area contributed by atoms with E-state index < -0.39 is 49.3 Å². The van der Waals surface area contributed by atoms with Gasteiger partial charge in [0.1, 0.15) is 17.1 Å². The molecule has 0 aliphatic carbocycles. The van der Waals surface area contributed by atoms with Crippen LogP contribution in [0.15, 0.2) is 77.7 Å². The molecule has 9 nitrogen and oxygen atoms in total.